The van der Waals surface area contributed by atoms with E-state index in [1.165, 1.54) is 0 Å². The number of likely N-dealkylation sites (tertiary alicyclic amines) is 1. The number of nitrogens with one attached hydrogen (secondary N) is 2. The minimum atomic E-state index is -3.35. The van der Waals surface area contributed by atoms with Gasteiger partial charge in [-0.2, -0.15) is 0 Å². The zero-order valence-corrected chi connectivity index (χ0v) is 25.3. The van der Waals surface area contributed by atoms with Gasteiger partial charge in [0.2, 0.25) is 15.9 Å². The molecule has 5 rings (SSSR count). The molecule has 2 aromatic heterocycles. The van der Waals surface area contributed by atoms with Crippen LogP contribution in [-0.2, 0) is 16.6 Å². The van der Waals surface area contributed by atoms with Crippen molar-refractivity contribution in [1.82, 2.24) is 14.9 Å². The maximum absolute atomic E-state index is 13.5. The van der Waals surface area contributed by atoms with Crippen molar-refractivity contribution in [2.45, 2.75) is 39.3 Å². The fourth-order valence-corrected chi connectivity index (χ4v) is 5.76. The van der Waals surface area contributed by atoms with Crippen LogP contribution in [0.5, 0.6) is 11.6 Å². The molecule has 1 aliphatic heterocycles. The first-order valence-electron chi connectivity index (χ1n) is 14.1. The normalized spacial score (nSPS) is 14.2. The molecule has 0 aliphatic carbocycles. The van der Waals surface area contributed by atoms with E-state index in [0.29, 0.717) is 23.0 Å². The Labute approximate surface area is 252 Å². The summed E-state index contributed by atoms with van der Waals surface area (Å²) in [6.45, 7) is 6.24. The van der Waals surface area contributed by atoms with Gasteiger partial charge in [-0.25, -0.2) is 18.2 Å². The molecule has 1 fully saturated rings. The number of carbonyl (C=O) groups excluding carboxylic acids is 1. The summed E-state index contributed by atoms with van der Waals surface area (Å²) in [4.78, 5) is 26.4. The number of aromatic nitrogens is 2. The number of pyridine rings is 2. The van der Waals surface area contributed by atoms with E-state index in [1.54, 1.807) is 30.6 Å². The molecule has 0 spiro atoms. The highest BCUT2D eigenvalue weighted by Gasteiger charge is 2.29. The molecule has 0 atom stereocenters. The van der Waals surface area contributed by atoms with Gasteiger partial charge in [0.1, 0.15) is 5.75 Å². The average molecular weight is 601 g/mol. The van der Waals surface area contributed by atoms with Crippen molar-refractivity contribution in [2.75, 3.05) is 34.3 Å². The second-order valence-electron chi connectivity index (χ2n) is 10.9. The molecular formula is C32H36N6O4S. The molecule has 43 heavy (non-hydrogen) atoms. The average Bonchev–Trinajstić information content (AvgIpc) is 2.96. The smallest absolute Gasteiger partial charge is 0.326 e. The van der Waals surface area contributed by atoms with E-state index in [-0.39, 0.29) is 12.1 Å². The van der Waals surface area contributed by atoms with Crippen molar-refractivity contribution in [3.8, 4) is 11.6 Å². The van der Waals surface area contributed by atoms with E-state index < -0.39 is 10.0 Å². The molecule has 4 aromatic rings. The van der Waals surface area contributed by atoms with Gasteiger partial charge in [0, 0.05) is 55.5 Å². The molecule has 11 heteroatoms. The third-order valence-corrected chi connectivity index (χ3v) is 7.80. The molecular weight excluding hydrogens is 564 g/mol. The number of nitrogens with zero attached hydrogens (tertiary/aromatic N) is 4. The van der Waals surface area contributed by atoms with Crippen molar-refractivity contribution in [3.63, 3.8) is 0 Å². The second kappa shape index (κ2) is 13.2. The van der Waals surface area contributed by atoms with Crippen molar-refractivity contribution in [3.05, 3.63) is 102 Å². The monoisotopic (exact) mass is 600 g/mol. The summed E-state index contributed by atoms with van der Waals surface area (Å²) >= 11 is 0. The molecule has 10 nitrogen and oxygen atoms in total. The molecule has 1 aliphatic rings. The lowest BCUT2D eigenvalue weighted by Crippen LogP contribution is -2.49. The van der Waals surface area contributed by atoms with Crippen LogP contribution in [0.4, 0.5) is 21.9 Å². The van der Waals surface area contributed by atoms with Gasteiger partial charge >= 0.3 is 6.03 Å². The Kier molecular flexibility index (Phi) is 9.22. The fraction of sp³-hybridized carbons (Fsp3) is 0.281. The lowest BCUT2D eigenvalue weighted by atomic mass is 10.0. The number of para-hydroxylation sites is 1. The zero-order valence-electron chi connectivity index (χ0n) is 24.5. The highest BCUT2D eigenvalue weighted by atomic mass is 32.2. The third kappa shape index (κ3) is 8.30. The van der Waals surface area contributed by atoms with Gasteiger partial charge in [-0.1, -0.05) is 24.3 Å². The summed E-state index contributed by atoms with van der Waals surface area (Å²) in [5.41, 5.74) is 4.88. The van der Waals surface area contributed by atoms with Gasteiger partial charge in [0.05, 0.1) is 18.1 Å². The maximum Gasteiger partial charge on any atom is 0.326 e. The SMILES string of the molecule is Cc1cncc(NC(=O)N(c2ccccc2)C2CCN(Cc3ccc(Oc4ccc(NS(C)(=O)=O)cc4C)nc3)CC2)c1. The number of rotatable bonds is 9. The topological polar surface area (TPSA) is 117 Å². The summed E-state index contributed by atoms with van der Waals surface area (Å²) in [6, 6.07) is 20.5. The van der Waals surface area contributed by atoms with Crippen LogP contribution in [0, 0.1) is 13.8 Å². The molecule has 2 aromatic carbocycles. The predicted molar refractivity (Wildman–Crippen MR) is 169 cm³/mol. The summed E-state index contributed by atoms with van der Waals surface area (Å²) < 4.78 is 31.4. The Hall–Kier alpha value is -4.48. The number of benzene rings is 2. The number of hydrogen-bond donors (Lipinski definition) is 2. The van der Waals surface area contributed by atoms with Crippen LogP contribution in [0.15, 0.2) is 85.3 Å². The number of piperidine rings is 1. The number of sulfonamides is 1. The number of hydrogen-bond acceptors (Lipinski definition) is 7. The van der Waals surface area contributed by atoms with E-state index in [9.17, 15) is 13.2 Å². The van der Waals surface area contributed by atoms with Crippen LogP contribution >= 0.6 is 0 Å². The number of aryl methyl sites for hydroxylation is 2. The van der Waals surface area contributed by atoms with Crippen molar-refractivity contribution < 1.29 is 17.9 Å². The van der Waals surface area contributed by atoms with Crippen LogP contribution in [0.25, 0.3) is 0 Å². The number of carbonyl (C=O) groups is 1. The van der Waals surface area contributed by atoms with Gasteiger partial charge in [0.25, 0.3) is 0 Å². The molecule has 0 bridgehead atoms. The van der Waals surface area contributed by atoms with Crippen molar-refractivity contribution >= 4 is 33.1 Å². The molecule has 2 N–H and O–H groups in total. The van der Waals surface area contributed by atoms with E-state index >= 15 is 0 Å². The van der Waals surface area contributed by atoms with Gasteiger partial charge in [0.15, 0.2) is 0 Å². The van der Waals surface area contributed by atoms with Gasteiger partial charge < -0.3 is 10.1 Å². The van der Waals surface area contributed by atoms with Gasteiger partial charge in [-0.3, -0.25) is 19.5 Å². The number of amides is 2. The quantitative estimate of drug-likeness (QED) is 0.243. The third-order valence-electron chi connectivity index (χ3n) is 7.20. The number of ether oxygens (including phenoxy) is 1. The van der Waals surface area contributed by atoms with E-state index in [1.807, 2.05) is 73.5 Å². The molecule has 0 saturated carbocycles. The molecule has 1 saturated heterocycles. The minimum Gasteiger partial charge on any atom is -0.439 e. The number of anilines is 3. The zero-order chi connectivity index (χ0) is 30.4. The maximum atomic E-state index is 13.5. The first-order chi connectivity index (χ1) is 20.6. The molecule has 224 valence electrons. The van der Waals surface area contributed by atoms with Crippen LogP contribution in [0.1, 0.15) is 29.5 Å². The second-order valence-corrected chi connectivity index (χ2v) is 12.6. The molecule has 0 radical (unpaired) electrons. The summed E-state index contributed by atoms with van der Waals surface area (Å²) in [5.74, 6) is 1.06. The van der Waals surface area contributed by atoms with Gasteiger partial charge in [-0.05, 0) is 79.8 Å². The molecule has 0 unspecified atom stereocenters. The summed E-state index contributed by atoms with van der Waals surface area (Å²) in [5, 5.41) is 3.03. The van der Waals surface area contributed by atoms with Gasteiger partial charge in [-0.15, -0.1) is 0 Å². The highest BCUT2D eigenvalue weighted by Crippen LogP contribution is 2.28. The largest absolute Gasteiger partial charge is 0.439 e. The first kappa shape index (κ1) is 30.0. The Morgan fingerprint density at radius 1 is 0.977 bits per heavy atom. The van der Waals surface area contributed by atoms with Crippen molar-refractivity contribution in [2.24, 2.45) is 0 Å². The Bertz CT molecular complexity index is 1660. The van der Waals surface area contributed by atoms with Crippen LogP contribution in [0.3, 0.4) is 0 Å². The fourth-order valence-electron chi connectivity index (χ4n) is 5.20. The van der Waals surface area contributed by atoms with Crippen LogP contribution in [-0.4, -0.2) is 54.7 Å². The first-order valence-corrected chi connectivity index (χ1v) is 16.0. The summed E-state index contributed by atoms with van der Waals surface area (Å²) in [6.07, 6.45) is 8.04. The van der Waals surface area contributed by atoms with Crippen LogP contribution < -0.4 is 19.7 Å². The highest BCUT2D eigenvalue weighted by molar-refractivity contribution is 7.92. The number of urea groups is 1. The lowest BCUT2D eigenvalue weighted by Gasteiger charge is -2.38. The Balaban J connectivity index is 1.18. The van der Waals surface area contributed by atoms with Crippen LogP contribution in [0.2, 0.25) is 0 Å². The Morgan fingerprint density at radius 2 is 1.74 bits per heavy atom. The predicted octanol–water partition coefficient (Wildman–Crippen LogP) is 5.96. The molecule has 3 heterocycles. The van der Waals surface area contributed by atoms with E-state index in [4.69, 9.17) is 4.74 Å². The Morgan fingerprint density at radius 3 is 2.40 bits per heavy atom. The van der Waals surface area contributed by atoms with Crippen molar-refractivity contribution in [1.29, 1.82) is 0 Å². The minimum absolute atomic E-state index is 0.0626. The van der Waals surface area contributed by atoms with E-state index in [0.717, 1.165) is 61.1 Å². The molecule has 2 amide bonds. The lowest BCUT2D eigenvalue weighted by molar-refractivity contribution is 0.199. The van der Waals surface area contributed by atoms with E-state index in [2.05, 4.69) is 24.9 Å². The standard InChI is InChI=1S/C32H36N6O4S/c1-23-17-27(21-33-19-23)35-32(39)38(28-7-5-4-6-8-28)29-13-15-37(16-14-29)22-25-9-12-31(34-20-25)42-30-11-10-26(18-24(30)2)36-43(3,40)41/h4-12,17-21,29,36H,13-16,22H2,1-3H3,(H,35,39). The summed E-state index contributed by atoms with van der Waals surface area (Å²) in [7, 11) is -3.35.